The molecule has 0 saturated heterocycles. The average Bonchev–Trinajstić information content (AvgIpc) is 2.80. The Balaban J connectivity index is 1.76. The maximum Gasteiger partial charge on any atom is 0.231 e. The Labute approximate surface area is 109 Å². The van der Waals surface area contributed by atoms with Crippen molar-refractivity contribution in [3.05, 3.63) is 11.7 Å². The molecule has 0 aliphatic heterocycles. The minimum Gasteiger partial charge on any atom is -0.339 e. The molecule has 2 aliphatic carbocycles. The predicted octanol–water partition coefficient (Wildman–Crippen LogP) is 2.83. The molecule has 3 rings (SSSR count). The fraction of sp³-hybridized carbons (Fsp3) is 0.857. The molecule has 1 N–H and O–H groups in total. The maximum absolute atomic E-state index is 5.53. The van der Waals surface area contributed by atoms with Gasteiger partial charge in [0.2, 0.25) is 5.89 Å². The number of nitrogens with zero attached hydrogens (tertiary/aromatic N) is 2. The van der Waals surface area contributed by atoms with Gasteiger partial charge >= 0.3 is 0 Å². The molecule has 0 spiro atoms. The van der Waals surface area contributed by atoms with Crippen LogP contribution in [0.15, 0.2) is 4.52 Å². The molecule has 2 aliphatic rings. The first-order valence-electron chi connectivity index (χ1n) is 7.12. The summed E-state index contributed by atoms with van der Waals surface area (Å²) in [5.41, 5.74) is 0.371. The topological polar surface area (TPSA) is 51.0 Å². The molecule has 3 atom stereocenters. The van der Waals surface area contributed by atoms with E-state index in [1.807, 2.05) is 7.05 Å². The van der Waals surface area contributed by atoms with Crippen LogP contribution < -0.4 is 5.32 Å². The number of rotatable bonds is 3. The summed E-state index contributed by atoms with van der Waals surface area (Å²) in [6.45, 7) is 4.54. The SMILES string of the molecule is CNC1CCCCC1c1nc(C2CC2(C)C)no1. The lowest BCUT2D eigenvalue weighted by Crippen LogP contribution is -2.34. The molecule has 4 nitrogen and oxygen atoms in total. The van der Waals surface area contributed by atoms with Crippen molar-refractivity contribution in [1.82, 2.24) is 15.5 Å². The van der Waals surface area contributed by atoms with E-state index in [4.69, 9.17) is 4.52 Å². The molecule has 0 radical (unpaired) electrons. The lowest BCUT2D eigenvalue weighted by atomic mass is 9.84. The second kappa shape index (κ2) is 4.34. The van der Waals surface area contributed by atoms with Crippen LogP contribution in [0.1, 0.15) is 69.5 Å². The van der Waals surface area contributed by atoms with E-state index in [2.05, 4.69) is 29.3 Å². The highest BCUT2D eigenvalue weighted by molar-refractivity contribution is 5.15. The molecule has 1 aromatic rings. The Kier molecular flexibility index (Phi) is 2.93. The van der Waals surface area contributed by atoms with Crippen LogP contribution in [-0.4, -0.2) is 23.2 Å². The Morgan fingerprint density at radius 1 is 1.28 bits per heavy atom. The van der Waals surface area contributed by atoms with Crippen LogP contribution in [-0.2, 0) is 0 Å². The maximum atomic E-state index is 5.53. The third-order valence-electron chi connectivity index (χ3n) is 4.74. The Bertz CT molecular complexity index is 426. The number of likely N-dealkylation sites (N-methyl/N-ethyl adjacent to an activating group) is 1. The summed E-state index contributed by atoms with van der Waals surface area (Å²) < 4.78 is 5.53. The van der Waals surface area contributed by atoms with Gasteiger partial charge in [-0.1, -0.05) is 31.8 Å². The lowest BCUT2D eigenvalue weighted by Gasteiger charge is -2.28. The number of aromatic nitrogens is 2. The molecule has 4 heteroatoms. The highest BCUT2D eigenvalue weighted by Gasteiger charge is 2.49. The van der Waals surface area contributed by atoms with Gasteiger partial charge in [-0.25, -0.2) is 0 Å². The van der Waals surface area contributed by atoms with E-state index >= 15 is 0 Å². The van der Waals surface area contributed by atoms with E-state index in [1.54, 1.807) is 0 Å². The van der Waals surface area contributed by atoms with E-state index in [9.17, 15) is 0 Å². The third-order valence-corrected chi connectivity index (χ3v) is 4.74. The van der Waals surface area contributed by atoms with Crippen molar-refractivity contribution in [3.63, 3.8) is 0 Å². The second-order valence-corrected chi connectivity index (χ2v) is 6.52. The van der Waals surface area contributed by atoms with E-state index in [-0.39, 0.29) is 0 Å². The largest absolute Gasteiger partial charge is 0.339 e. The molecule has 2 saturated carbocycles. The molecule has 1 aromatic heterocycles. The van der Waals surface area contributed by atoms with Gasteiger partial charge in [-0.15, -0.1) is 0 Å². The summed E-state index contributed by atoms with van der Waals surface area (Å²) in [6, 6.07) is 0.499. The lowest BCUT2D eigenvalue weighted by molar-refractivity contribution is 0.269. The summed E-state index contributed by atoms with van der Waals surface area (Å²) in [4.78, 5) is 4.67. The second-order valence-electron chi connectivity index (χ2n) is 6.52. The van der Waals surface area contributed by atoms with Crippen molar-refractivity contribution >= 4 is 0 Å². The van der Waals surface area contributed by atoms with Gasteiger partial charge in [0.25, 0.3) is 0 Å². The first-order valence-corrected chi connectivity index (χ1v) is 7.12. The molecule has 0 bridgehead atoms. The number of hydrogen-bond donors (Lipinski definition) is 1. The monoisotopic (exact) mass is 249 g/mol. The molecular formula is C14H23N3O. The Hall–Kier alpha value is -0.900. The summed E-state index contributed by atoms with van der Waals surface area (Å²) >= 11 is 0. The zero-order chi connectivity index (χ0) is 12.8. The van der Waals surface area contributed by atoms with Crippen LogP contribution >= 0.6 is 0 Å². The van der Waals surface area contributed by atoms with Gasteiger partial charge in [-0.05, 0) is 31.7 Å². The summed E-state index contributed by atoms with van der Waals surface area (Å²) in [6.07, 6.45) is 6.15. The van der Waals surface area contributed by atoms with Gasteiger partial charge in [0.1, 0.15) is 0 Å². The van der Waals surface area contributed by atoms with Crippen molar-refractivity contribution in [2.45, 2.75) is 63.8 Å². The van der Waals surface area contributed by atoms with Gasteiger partial charge in [0, 0.05) is 12.0 Å². The number of nitrogens with one attached hydrogen (secondary N) is 1. The molecule has 0 amide bonds. The van der Waals surface area contributed by atoms with E-state index in [0.717, 1.165) is 11.7 Å². The van der Waals surface area contributed by atoms with E-state index in [0.29, 0.717) is 23.3 Å². The van der Waals surface area contributed by atoms with E-state index < -0.39 is 0 Å². The van der Waals surface area contributed by atoms with Gasteiger partial charge in [0.05, 0.1) is 5.92 Å². The Morgan fingerprint density at radius 2 is 2.00 bits per heavy atom. The summed E-state index contributed by atoms with van der Waals surface area (Å²) in [5, 5.41) is 7.60. The quantitative estimate of drug-likeness (QED) is 0.895. The van der Waals surface area contributed by atoms with Crippen LogP contribution in [0.5, 0.6) is 0 Å². The predicted molar refractivity (Wildman–Crippen MR) is 69.5 cm³/mol. The smallest absolute Gasteiger partial charge is 0.231 e. The first-order chi connectivity index (χ1) is 8.62. The highest BCUT2D eigenvalue weighted by Crippen LogP contribution is 2.57. The van der Waals surface area contributed by atoms with Crippen LogP contribution in [0, 0.1) is 5.41 Å². The van der Waals surface area contributed by atoms with Crippen molar-refractivity contribution in [1.29, 1.82) is 0 Å². The number of hydrogen-bond acceptors (Lipinski definition) is 4. The van der Waals surface area contributed by atoms with Crippen LogP contribution in [0.25, 0.3) is 0 Å². The normalized spacial score (nSPS) is 34.5. The first kappa shape index (κ1) is 12.2. The van der Waals surface area contributed by atoms with Crippen LogP contribution in [0.3, 0.4) is 0 Å². The van der Waals surface area contributed by atoms with Crippen molar-refractivity contribution < 1.29 is 4.52 Å². The average molecular weight is 249 g/mol. The van der Waals surface area contributed by atoms with Crippen molar-refractivity contribution in [3.8, 4) is 0 Å². The fourth-order valence-electron chi connectivity index (χ4n) is 3.22. The minimum absolute atomic E-state index is 0.371. The van der Waals surface area contributed by atoms with Gasteiger partial charge in [0.15, 0.2) is 5.82 Å². The summed E-state index contributed by atoms with van der Waals surface area (Å²) in [7, 11) is 2.03. The minimum atomic E-state index is 0.371. The molecule has 3 unspecified atom stereocenters. The van der Waals surface area contributed by atoms with Gasteiger partial charge in [-0.3, -0.25) is 0 Å². The molecule has 0 aromatic carbocycles. The standard InChI is InChI=1S/C14H23N3O/c1-14(2)8-10(14)12-16-13(18-17-12)9-6-4-5-7-11(9)15-3/h9-11,15H,4-8H2,1-3H3. The summed E-state index contributed by atoms with van der Waals surface area (Å²) in [5.74, 6) is 2.70. The van der Waals surface area contributed by atoms with Gasteiger partial charge in [-0.2, -0.15) is 4.98 Å². The molecule has 2 fully saturated rings. The van der Waals surface area contributed by atoms with Crippen LogP contribution in [0.2, 0.25) is 0 Å². The van der Waals surface area contributed by atoms with Crippen LogP contribution in [0.4, 0.5) is 0 Å². The fourth-order valence-corrected chi connectivity index (χ4v) is 3.22. The zero-order valence-electron chi connectivity index (χ0n) is 11.6. The Morgan fingerprint density at radius 3 is 2.67 bits per heavy atom. The molecule has 100 valence electrons. The third kappa shape index (κ3) is 2.07. The zero-order valence-corrected chi connectivity index (χ0v) is 11.6. The van der Waals surface area contributed by atoms with Crippen molar-refractivity contribution in [2.24, 2.45) is 5.41 Å². The van der Waals surface area contributed by atoms with E-state index in [1.165, 1.54) is 32.1 Å². The highest BCUT2D eigenvalue weighted by atomic mass is 16.5. The molecular weight excluding hydrogens is 226 g/mol. The molecule has 18 heavy (non-hydrogen) atoms. The van der Waals surface area contributed by atoms with Gasteiger partial charge < -0.3 is 9.84 Å². The molecule has 1 heterocycles. The van der Waals surface area contributed by atoms with Crippen molar-refractivity contribution in [2.75, 3.05) is 7.05 Å².